The van der Waals surface area contributed by atoms with Gasteiger partial charge in [-0.05, 0) is 54.3 Å². The van der Waals surface area contributed by atoms with Crippen molar-refractivity contribution in [3.05, 3.63) is 95.1 Å². The molecule has 6 rings (SSSR count). The van der Waals surface area contributed by atoms with Gasteiger partial charge >= 0.3 is 0 Å². The fourth-order valence-electron chi connectivity index (χ4n) is 4.67. The summed E-state index contributed by atoms with van der Waals surface area (Å²) in [5, 5.41) is 6.09. The lowest BCUT2D eigenvalue weighted by atomic mass is 10.00. The normalized spacial score (nSPS) is 20.8. The lowest BCUT2D eigenvalue weighted by Crippen LogP contribution is -2.56. The highest BCUT2D eigenvalue weighted by molar-refractivity contribution is 5.95. The highest BCUT2D eigenvalue weighted by Crippen LogP contribution is 2.24. The summed E-state index contributed by atoms with van der Waals surface area (Å²) in [6.45, 7) is 4.55. The summed E-state index contributed by atoms with van der Waals surface area (Å²) in [5.74, 6) is 0.854. The van der Waals surface area contributed by atoms with Gasteiger partial charge in [0.05, 0.1) is 6.04 Å². The van der Waals surface area contributed by atoms with E-state index in [1.54, 1.807) is 12.1 Å². The molecule has 3 heterocycles. The van der Waals surface area contributed by atoms with Crippen LogP contribution < -0.4 is 20.1 Å². The molecular formula is C29H31N3O4. The number of nitrogens with zero attached hydrogens (tertiary/aromatic N) is 1. The van der Waals surface area contributed by atoms with Crippen LogP contribution in [0.5, 0.6) is 11.5 Å². The average Bonchev–Trinajstić information content (AvgIpc) is 2.89. The number of benzene rings is 3. The lowest BCUT2D eigenvalue weighted by Gasteiger charge is -2.39. The van der Waals surface area contributed by atoms with E-state index in [-0.39, 0.29) is 30.6 Å². The first-order valence-electron chi connectivity index (χ1n) is 12.4. The molecule has 186 valence electrons. The Morgan fingerprint density at radius 1 is 1.00 bits per heavy atom. The fourth-order valence-corrected chi connectivity index (χ4v) is 4.67. The van der Waals surface area contributed by atoms with Gasteiger partial charge in [-0.15, -0.1) is 0 Å². The van der Waals surface area contributed by atoms with Crippen molar-refractivity contribution in [2.24, 2.45) is 0 Å². The molecule has 1 saturated heterocycles. The Kier molecular flexibility index (Phi) is 7.18. The molecule has 0 saturated carbocycles. The lowest BCUT2D eigenvalue weighted by molar-refractivity contribution is -0.123. The zero-order valence-corrected chi connectivity index (χ0v) is 20.4. The van der Waals surface area contributed by atoms with E-state index >= 15 is 0 Å². The molecule has 0 aromatic heterocycles. The third-order valence-electron chi connectivity index (χ3n) is 6.71. The van der Waals surface area contributed by atoms with Gasteiger partial charge in [0.1, 0.15) is 17.6 Å². The van der Waals surface area contributed by atoms with Crippen molar-refractivity contribution < 1.29 is 19.1 Å². The Bertz CT molecular complexity index is 1210. The van der Waals surface area contributed by atoms with Crippen LogP contribution in [0.2, 0.25) is 0 Å². The molecule has 0 unspecified atom stereocenters. The third kappa shape index (κ3) is 5.86. The number of hydrogen-bond acceptors (Lipinski definition) is 5. The molecule has 1 fully saturated rings. The summed E-state index contributed by atoms with van der Waals surface area (Å²) in [6.07, 6.45) is 0.626. The number of hydrogen-bond donors (Lipinski definition) is 2. The van der Waals surface area contributed by atoms with Gasteiger partial charge in [0.25, 0.3) is 11.8 Å². The summed E-state index contributed by atoms with van der Waals surface area (Å²) < 4.78 is 12.1. The van der Waals surface area contributed by atoms with Gasteiger partial charge in [-0.3, -0.25) is 14.5 Å². The van der Waals surface area contributed by atoms with Crippen molar-refractivity contribution in [3.63, 3.8) is 0 Å². The van der Waals surface area contributed by atoms with Gasteiger partial charge in [0.15, 0.2) is 6.61 Å². The number of aryl methyl sites for hydroxylation is 1. The van der Waals surface area contributed by atoms with Crippen molar-refractivity contribution in [1.29, 1.82) is 0 Å². The maximum absolute atomic E-state index is 13.3. The van der Waals surface area contributed by atoms with Crippen LogP contribution in [0.4, 0.5) is 0 Å². The highest BCUT2D eigenvalue weighted by atomic mass is 16.5. The standard InChI is InChI=1S/C29H31N3O4/c1-20-7-10-23-15-27(20)35-19-28(33)30-16-21-8-11-24(12-9-21)36-26-13-14-32(18-25(26)31-29(23)34)17-22-5-3-2-4-6-22/h2-12,15,25-26H,13-14,16-19H2,1H3,(H,30,33)(H,31,34)/t25-,26-/m0/s1. The van der Waals surface area contributed by atoms with E-state index in [1.165, 1.54) is 5.56 Å². The van der Waals surface area contributed by atoms with Gasteiger partial charge in [-0.2, -0.15) is 0 Å². The number of carbonyl (C=O) groups excluding carboxylic acids is 2. The number of carbonyl (C=O) groups is 2. The number of amides is 2. The molecule has 7 heteroatoms. The molecule has 0 aliphatic carbocycles. The van der Waals surface area contributed by atoms with Crippen LogP contribution in [0.15, 0.2) is 72.8 Å². The number of fused-ring (bicyclic) bond motifs is 7. The van der Waals surface area contributed by atoms with Crippen molar-refractivity contribution in [2.75, 3.05) is 19.7 Å². The van der Waals surface area contributed by atoms with Gasteiger partial charge in [-0.1, -0.05) is 48.5 Å². The predicted octanol–water partition coefficient (Wildman–Crippen LogP) is 3.46. The van der Waals surface area contributed by atoms with E-state index in [1.807, 2.05) is 55.5 Å². The second-order valence-corrected chi connectivity index (χ2v) is 9.44. The van der Waals surface area contributed by atoms with E-state index in [4.69, 9.17) is 9.47 Å². The van der Waals surface area contributed by atoms with Crippen LogP contribution in [0, 0.1) is 6.92 Å². The van der Waals surface area contributed by atoms with Crippen LogP contribution in [0.25, 0.3) is 0 Å². The third-order valence-corrected chi connectivity index (χ3v) is 6.71. The fraction of sp³-hybridized carbons (Fsp3) is 0.310. The van der Waals surface area contributed by atoms with Crippen molar-refractivity contribution in [1.82, 2.24) is 15.5 Å². The minimum Gasteiger partial charge on any atom is -0.488 e. The molecule has 0 radical (unpaired) electrons. The van der Waals surface area contributed by atoms with Gasteiger partial charge in [0.2, 0.25) is 0 Å². The first kappa shape index (κ1) is 23.9. The van der Waals surface area contributed by atoms with Crippen LogP contribution in [0.3, 0.4) is 0 Å². The average molecular weight is 486 g/mol. The number of likely N-dealkylation sites (tertiary alicyclic amines) is 1. The van der Waals surface area contributed by atoms with Crippen molar-refractivity contribution in [3.8, 4) is 11.5 Å². The number of ether oxygens (including phenoxy) is 2. The molecule has 4 bridgehead atoms. The summed E-state index contributed by atoms with van der Waals surface area (Å²) in [6, 6.07) is 23.2. The Morgan fingerprint density at radius 2 is 1.81 bits per heavy atom. The second kappa shape index (κ2) is 10.8. The van der Waals surface area contributed by atoms with E-state index in [0.717, 1.165) is 36.4 Å². The summed E-state index contributed by atoms with van der Waals surface area (Å²) >= 11 is 0. The highest BCUT2D eigenvalue weighted by Gasteiger charge is 2.32. The van der Waals surface area contributed by atoms with Gasteiger partial charge in [0, 0.05) is 31.7 Å². The molecule has 3 aromatic carbocycles. The van der Waals surface area contributed by atoms with E-state index in [9.17, 15) is 9.59 Å². The van der Waals surface area contributed by atoms with Crippen LogP contribution >= 0.6 is 0 Å². The Hall–Kier alpha value is -3.84. The first-order valence-corrected chi connectivity index (χ1v) is 12.4. The van der Waals surface area contributed by atoms with E-state index in [0.29, 0.717) is 24.4 Å². The molecule has 3 aromatic rings. The zero-order chi connectivity index (χ0) is 24.9. The molecule has 2 atom stereocenters. The van der Waals surface area contributed by atoms with Crippen molar-refractivity contribution in [2.45, 2.75) is 38.6 Å². The monoisotopic (exact) mass is 485 g/mol. The number of rotatable bonds is 2. The maximum atomic E-state index is 13.3. The summed E-state index contributed by atoms with van der Waals surface area (Å²) in [4.78, 5) is 28.0. The van der Waals surface area contributed by atoms with Crippen LogP contribution in [-0.4, -0.2) is 48.6 Å². The van der Waals surface area contributed by atoms with Gasteiger partial charge < -0.3 is 20.1 Å². The SMILES string of the molecule is Cc1ccc2cc1OCC(=O)NCc1ccc(cc1)O[C@H]1CCN(Cc3ccccc3)C[C@@H]1NC2=O. The maximum Gasteiger partial charge on any atom is 0.258 e. The summed E-state index contributed by atoms with van der Waals surface area (Å²) in [7, 11) is 0. The number of nitrogens with one attached hydrogen (secondary N) is 2. The van der Waals surface area contributed by atoms with Crippen LogP contribution in [-0.2, 0) is 17.9 Å². The first-order chi connectivity index (χ1) is 17.5. The van der Waals surface area contributed by atoms with E-state index in [2.05, 4.69) is 27.7 Å². The molecule has 3 aliphatic rings. The molecule has 2 amide bonds. The quantitative estimate of drug-likeness (QED) is 0.581. The largest absolute Gasteiger partial charge is 0.488 e. The Morgan fingerprint density at radius 3 is 2.61 bits per heavy atom. The second-order valence-electron chi connectivity index (χ2n) is 9.44. The van der Waals surface area contributed by atoms with Crippen LogP contribution in [0.1, 0.15) is 33.5 Å². The molecule has 2 N–H and O–H groups in total. The minimum atomic E-state index is -0.224. The minimum absolute atomic E-state index is 0.119. The molecule has 36 heavy (non-hydrogen) atoms. The predicted molar refractivity (Wildman–Crippen MR) is 137 cm³/mol. The topological polar surface area (TPSA) is 79.9 Å². The van der Waals surface area contributed by atoms with E-state index < -0.39 is 0 Å². The molecule has 0 spiro atoms. The molecule has 7 nitrogen and oxygen atoms in total. The number of piperidine rings is 1. The molecular weight excluding hydrogens is 454 g/mol. The smallest absolute Gasteiger partial charge is 0.258 e. The summed E-state index contributed by atoms with van der Waals surface area (Å²) in [5.41, 5.74) is 3.57. The van der Waals surface area contributed by atoms with Gasteiger partial charge in [-0.25, -0.2) is 0 Å². The zero-order valence-electron chi connectivity index (χ0n) is 20.4. The Balaban J connectivity index is 1.41. The van der Waals surface area contributed by atoms with Crippen molar-refractivity contribution >= 4 is 11.8 Å². The molecule has 3 aliphatic heterocycles. The Labute approximate surface area is 211 Å².